The molecule has 5 fully saturated rings. The molecule has 6 rings (SSSR count). The molecule has 1 aromatic rings. The standard InChI is InChI=1S/C28H40FNO2/c1-27(2,3)32-26(31)23-13-25(30-22-7-5-4-6-8-22)21(12-24(23)29)17-28-14-18-9-19(15-28)11-20(10-18)16-28/h12-13,18-20,22,30H,4-11,14-17H2,1-3H3. The fraction of sp³-hybridized carbons (Fsp3) is 0.750. The summed E-state index contributed by atoms with van der Waals surface area (Å²) in [7, 11) is 0. The third-order valence-electron chi connectivity index (χ3n) is 8.51. The topological polar surface area (TPSA) is 38.3 Å². The first-order valence-electron chi connectivity index (χ1n) is 13.0. The molecular formula is C28H40FNO2. The van der Waals surface area contributed by atoms with Crippen molar-refractivity contribution in [1.29, 1.82) is 0 Å². The molecule has 4 bridgehead atoms. The molecule has 32 heavy (non-hydrogen) atoms. The first-order chi connectivity index (χ1) is 15.2. The third kappa shape index (κ3) is 4.70. The fourth-order valence-electron chi connectivity index (χ4n) is 7.76. The number of halogens is 1. The van der Waals surface area contributed by atoms with Gasteiger partial charge in [-0.2, -0.15) is 0 Å². The second kappa shape index (κ2) is 8.33. The summed E-state index contributed by atoms with van der Waals surface area (Å²) in [6.07, 6.45) is 15.2. The summed E-state index contributed by atoms with van der Waals surface area (Å²) in [6.45, 7) is 5.47. The first-order valence-corrected chi connectivity index (χ1v) is 13.0. The molecule has 1 N–H and O–H groups in total. The summed E-state index contributed by atoms with van der Waals surface area (Å²) < 4.78 is 20.8. The van der Waals surface area contributed by atoms with E-state index in [9.17, 15) is 4.79 Å². The maximum Gasteiger partial charge on any atom is 0.341 e. The van der Waals surface area contributed by atoms with E-state index in [0.717, 1.165) is 48.3 Å². The van der Waals surface area contributed by atoms with Gasteiger partial charge in [-0.15, -0.1) is 0 Å². The van der Waals surface area contributed by atoms with E-state index < -0.39 is 17.4 Å². The van der Waals surface area contributed by atoms with Crippen LogP contribution >= 0.6 is 0 Å². The minimum atomic E-state index is -0.641. The minimum absolute atomic E-state index is 0.0625. The molecule has 4 heteroatoms. The van der Waals surface area contributed by atoms with Gasteiger partial charge in [-0.3, -0.25) is 0 Å². The van der Waals surface area contributed by atoms with E-state index in [1.807, 2.05) is 20.8 Å². The number of hydrogen-bond acceptors (Lipinski definition) is 3. The van der Waals surface area contributed by atoms with Crippen LogP contribution in [-0.4, -0.2) is 17.6 Å². The second-order valence-corrected chi connectivity index (χ2v) is 12.6. The number of carbonyl (C=O) groups excluding carboxylic acids is 1. The Morgan fingerprint density at radius 2 is 1.62 bits per heavy atom. The summed E-state index contributed by atoms with van der Waals surface area (Å²) in [5, 5.41) is 3.74. The zero-order valence-corrected chi connectivity index (χ0v) is 20.1. The molecule has 1 aromatic carbocycles. The second-order valence-electron chi connectivity index (χ2n) is 12.6. The van der Waals surface area contributed by atoms with Crippen molar-refractivity contribution < 1.29 is 13.9 Å². The molecule has 0 unspecified atom stereocenters. The van der Waals surface area contributed by atoms with Crippen LogP contribution in [0.5, 0.6) is 0 Å². The summed E-state index contributed by atoms with van der Waals surface area (Å²) in [6, 6.07) is 3.83. The van der Waals surface area contributed by atoms with Gasteiger partial charge in [0.2, 0.25) is 0 Å². The molecule has 0 atom stereocenters. The maximum atomic E-state index is 15.3. The van der Waals surface area contributed by atoms with Gasteiger partial charge in [0.25, 0.3) is 0 Å². The lowest BCUT2D eigenvalue weighted by Gasteiger charge is -2.57. The van der Waals surface area contributed by atoms with Crippen LogP contribution in [0.25, 0.3) is 0 Å². The van der Waals surface area contributed by atoms with Crippen LogP contribution in [0.4, 0.5) is 10.1 Å². The van der Waals surface area contributed by atoms with Crippen LogP contribution in [0, 0.1) is 29.0 Å². The lowest BCUT2D eigenvalue weighted by Crippen LogP contribution is -2.47. The highest BCUT2D eigenvalue weighted by molar-refractivity contribution is 5.91. The van der Waals surface area contributed by atoms with Gasteiger partial charge in [-0.05, 0) is 119 Å². The molecule has 0 spiro atoms. The molecule has 0 heterocycles. The normalized spacial score (nSPS) is 32.2. The highest BCUT2D eigenvalue weighted by Gasteiger charge is 2.50. The Morgan fingerprint density at radius 3 is 2.19 bits per heavy atom. The fourth-order valence-corrected chi connectivity index (χ4v) is 7.76. The van der Waals surface area contributed by atoms with Gasteiger partial charge in [-0.1, -0.05) is 19.3 Å². The maximum absolute atomic E-state index is 15.3. The average Bonchev–Trinajstić information content (AvgIpc) is 2.68. The molecule has 0 aromatic heterocycles. The highest BCUT2D eigenvalue weighted by Crippen LogP contribution is 2.61. The SMILES string of the molecule is CC(C)(C)OC(=O)c1cc(NC2CCCCC2)c(CC23CC4CC(CC(C4)C2)C3)cc1F. The molecule has 3 nitrogen and oxygen atoms in total. The first kappa shape index (κ1) is 22.2. The van der Waals surface area contributed by atoms with Gasteiger partial charge in [0.1, 0.15) is 11.4 Å². The number of hydrogen-bond donors (Lipinski definition) is 1. The lowest BCUT2D eigenvalue weighted by atomic mass is 9.48. The number of benzene rings is 1. The monoisotopic (exact) mass is 441 g/mol. The Bertz CT molecular complexity index is 830. The largest absolute Gasteiger partial charge is 0.456 e. The van der Waals surface area contributed by atoms with Crippen molar-refractivity contribution in [3.8, 4) is 0 Å². The van der Waals surface area contributed by atoms with Gasteiger partial charge in [0, 0.05) is 11.7 Å². The number of rotatable bonds is 5. The number of anilines is 1. The number of carbonyl (C=O) groups is 1. The Morgan fingerprint density at radius 1 is 1.03 bits per heavy atom. The summed E-state index contributed by atoms with van der Waals surface area (Å²) >= 11 is 0. The predicted molar refractivity (Wildman–Crippen MR) is 126 cm³/mol. The van der Waals surface area contributed by atoms with Gasteiger partial charge >= 0.3 is 5.97 Å². The molecule has 0 radical (unpaired) electrons. The van der Waals surface area contributed by atoms with Crippen LogP contribution in [0.1, 0.15) is 107 Å². The average molecular weight is 442 g/mol. The van der Waals surface area contributed by atoms with Gasteiger partial charge in [0.15, 0.2) is 0 Å². The van der Waals surface area contributed by atoms with Gasteiger partial charge < -0.3 is 10.1 Å². The van der Waals surface area contributed by atoms with E-state index in [2.05, 4.69) is 5.32 Å². The van der Waals surface area contributed by atoms with Crippen molar-refractivity contribution in [2.75, 3.05) is 5.32 Å². The molecule has 5 aliphatic rings. The number of esters is 1. The predicted octanol–water partition coefficient (Wildman–Crippen LogP) is 7.28. The minimum Gasteiger partial charge on any atom is -0.456 e. The Hall–Kier alpha value is -1.58. The number of ether oxygens (including phenoxy) is 1. The van der Waals surface area contributed by atoms with Crippen molar-refractivity contribution in [1.82, 2.24) is 0 Å². The van der Waals surface area contributed by atoms with Crippen LogP contribution in [0.15, 0.2) is 12.1 Å². The van der Waals surface area contributed by atoms with Gasteiger partial charge in [0.05, 0.1) is 5.56 Å². The quantitative estimate of drug-likeness (QED) is 0.488. The third-order valence-corrected chi connectivity index (χ3v) is 8.51. The molecule has 0 aliphatic heterocycles. The molecule has 5 saturated carbocycles. The van der Waals surface area contributed by atoms with Crippen molar-refractivity contribution in [3.05, 3.63) is 29.1 Å². The molecule has 176 valence electrons. The summed E-state index contributed by atoms with van der Waals surface area (Å²) in [5.74, 6) is 1.63. The van der Waals surface area contributed by atoms with Crippen molar-refractivity contribution in [3.63, 3.8) is 0 Å². The summed E-state index contributed by atoms with van der Waals surface area (Å²) in [4.78, 5) is 12.8. The molecule has 0 amide bonds. The Kier molecular flexibility index (Phi) is 5.78. The molecular weight excluding hydrogens is 401 g/mol. The molecule has 5 aliphatic carbocycles. The van der Waals surface area contributed by atoms with Crippen molar-refractivity contribution in [2.24, 2.45) is 23.2 Å². The Balaban J connectivity index is 1.45. The van der Waals surface area contributed by atoms with E-state index in [1.165, 1.54) is 57.8 Å². The zero-order chi connectivity index (χ0) is 22.5. The van der Waals surface area contributed by atoms with E-state index in [0.29, 0.717) is 11.5 Å². The van der Waals surface area contributed by atoms with Crippen LogP contribution in [0.3, 0.4) is 0 Å². The van der Waals surface area contributed by atoms with Crippen molar-refractivity contribution >= 4 is 11.7 Å². The van der Waals surface area contributed by atoms with E-state index in [4.69, 9.17) is 4.74 Å². The van der Waals surface area contributed by atoms with Crippen LogP contribution in [0.2, 0.25) is 0 Å². The Labute approximate surface area is 192 Å². The van der Waals surface area contributed by atoms with E-state index >= 15 is 4.39 Å². The number of nitrogens with one attached hydrogen (secondary N) is 1. The highest BCUT2D eigenvalue weighted by atomic mass is 19.1. The summed E-state index contributed by atoms with van der Waals surface area (Å²) in [5.41, 5.74) is 1.79. The van der Waals surface area contributed by atoms with E-state index in [1.54, 1.807) is 12.1 Å². The smallest absolute Gasteiger partial charge is 0.341 e. The molecule has 0 saturated heterocycles. The lowest BCUT2D eigenvalue weighted by molar-refractivity contribution is -0.0521. The van der Waals surface area contributed by atoms with Gasteiger partial charge in [-0.25, -0.2) is 9.18 Å². The van der Waals surface area contributed by atoms with Crippen LogP contribution in [-0.2, 0) is 11.2 Å². The van der Waals surface area contributed by atoms with Crippen molar-refractivity contribution in [2.45, 2.75) is 109 Å². The zero-order valence-electron chi connectivity index (χ0n) is 20.1. The van der Waals surface area contributed by atoms with Crippen LogP contribution < -0.4 is 5.32 Å². The van der Waals surface area contributed by atoms with E-state index in [-0.39, 0.29) is 5.56 Å².